The lowest BCUT2D eigenvalue weighted by molar-refractivity contribution is -0.384. The molecule has 27 heavy (non-hydrogen) atoms. The Balaban J connectivity index is 1.94. The normalized spacial score (nSPS) is 27.5. The number of nitro groups is 1. The summed E-state index contributed by atoms with van der Waals surface area (Å²) in [5.74, 6) is 0.514. The van der Waals surface area contributed by atoms with E-state index in [1.54, 1.807) is 4.90 Å². The van der Waals surface area contributed by atoms with Gasteiger partial charge in [0.1, 0.15) is 5.69 Å². The molecule has 9 heteroatoms. The number of β-amino-alcohol motifs (C(OH)–C–C–N with tert-alkyl or cyclic N) is 1. The van der Waals surface area contributed by atoms with Gasteiger partial charge in [-0.05, 0) is 43.2 Å². The van der Waals surface area contributed by atoms with Crippen molar-refractivity contribution in [2.24, 2.45) is 11.8 Å². The maximum Gasteiger partial charge on any atom is 0.293 e. The average Bonchev–Trinajstić information content (AvgIpc) is 2.60. The molecule has 0 saturated carbocycles. The molecule has 2 aliphatic heterocycles. The zero-order chi connectivity index (χ0) is 19.8. The molecule has 2 heterocycles. The van der Waals surface area contributed by atoms with Gasteiger partial charge in [-0.3, -0.25) is 10.1 Å². The van der Waals surface area contributed by atoms with Crippen molar-refractivity contribution in [2.45, 2.75) is 44.1 Å². The quantitative estimate of drug-likeness (QED) is 0.617. The molecule has 0 radical (unpaired) electrons. The van der Waals surface area contributed by atoms with Crippen LogP contribution in [-0.4, -0.2) is 55.0 Å². The molecular formula is C18H27N3O5S. The molecule has 3 atom stereocenters. The van der Waals surface area contributed by atoms with Crippen molar-refractivity contribution in [3.05, 3.63) is 28.3 Å². The van der Waals surface area contributed by atoms with Crippen LogP contribution in [0.3, 0.4) is 0 Å². The predicted molar refractivity (Wildman–Crippen MR) is 102 cm³/mol. The van der Waals surface area contributed by atoms with Gasteiger partial charge in [-0.25, -0.2) is 8.42 Å². The molecule has 1 aromatic rings. The number of nitrogens with zero attached hydrogens (tertiary/aromatic N) is 3. The van der Waals surface area contributed by atoms with Gasteiger partial charge < -0.3 is 10.0 Å². The number of nitro benzene ring substituents is 1. The van der Waals surface area contributed by atoms with Crippen molar-refractivity contribution in [1.82, 2.24) is 4.31 Å². The lowest BCUT2D eigenvalue weighted by Gasteiger charge is -2.34. The lowest BCUT2D eigenvalue weighted by Crippen LogP contribution is -2.42. The average molecular weight is 397 g/mol. The standard InChI is InChI=1S/C18H27N3O5S/c1-13-8-14(2)11-20(10-13)27(25,26)16-5-6-17(18(9-16)21(23)24)19-7-3-4-15(22)12-19/h5-6,9,13-15,22H,3-4,7-8,10-12H2,1-2H3/t13-,14-,15+/m1/s1. The van der Waals surface area contributed by atoms with Crippen LogP contribution in [0.25, 0.3) is 0 Å². The van der Waals surface area contributed by atoms with E-state index in [0.29, 0.717) is 38.3 Å². The third-order valence-electron chi connectivity index (χ3n) is 5.35. The summed E-state index contributed by atoms with van der Waals surface area (Å²) in [6.45, 7) is 5.82. The van der Waals surface area contributed by atoms with Crippen LogP contribution in [0, 0.1) is 22.0 Å². The zero-order valence-corrected chi connectivity index (χ0v) is 16.6. The molecule has 0 amide bonds. The number of anilines is 1. The van der Waals surface area contributed by atoms with E-state index in [9.17, 15) is 23.6 Å². The predicted octanol–water partition coefficient (Wildman–Crippen LogP) is 2.22. The molecular weight excluding hydrogens is 370 g/mol. The Hall–Kier alpha value is -1.71. The second-order valence-corrected chi connectivity index (χ2v) is 9.86. The number of rotatable bonds is 4. The third kappa shape index (κ3) is 4.25. The van der Waals surface area contributed by atoms with Gasteiger partial charge in [0.25, 0.3) is 5.69 Å². The summed E-state index contributed by atoms with van der Waals surface area (Å²) in [7, 11) is -3.78. The van der Waals surface area contributed by atoms with E-state index in [0.717, 1.165) is 18.9 Å². The first-order valence-corrected chi connectivity index (χ1v) is 10.8. The van der Waals surface area contributed by atoms with E-state index in [1.807, 2.05) is 13.8 Å². The lowest BCUT2D eigenvalue weighted by atomic mass is 9.94. The first kappa shape index (κ1) is 20.0. The second kappa shape index (κ2) is 7.73. The van der Waals surface area contributed by atoms with Gasteiger partial charge in [0.2, 0.25) is 10.0 Å². The van der Waals surface area contributed by atoms with Gasteiger partial charge in [0.15, 0.2) is 0 Å². The number of piperidine rings is 2. The summed E-state index contributed by atoms with van der Waals surface area (Å²) < 4.78 is 27.5. The number of aliphatic hydroxyl groups excluding tert-OH is 1. The zero-order valence-electron chi connectivity index (χ0n) is 15.7. The smallest absolute Gasteiger partial charge is 0.293 e. The van der Waals surface area contributed by atoms with E-state index in [2.05, 4.69) is 0 Å². The Morgan fingerprint density at radius 2 is 1.85 bits per heavy atom. The van der Waals surface area contributed by atoms with Crippen LogP contribution in [-0.2, 0) is 10.0 Å². The van der Waals surface area contributed by atoms with Crippen LogP contribution >= 0.6 is 0 Å². The first-order chi connectivity index (χ1) is 12.7. The van der Waals surface area contributed by atoms with E-state index < -0.39 is 21.1 Å². The van der Waals surface area contributed by atoms with Gasteiger partial charge in [0.05, 0.1) is 15.9 Å². The Morgan fingerprint density at radius 3 is 2.44 bits per heavy atom. The summed E-state index contributed by atoms with van der Waals surface area (Å²) in [4.78, 5) is 12.8. The Morgan fingerprint density at radius 1 is 1.19 bits per heavy atom. The van der Waals surface area contributed by atoms with Gasteiger partial charge in [-0.15, -0.1) is 0 Å². The fourth-order valence-corrected chi connectivity index (χ4v) is 5.90. The van der Waals surface area contributed by atoms with Crippen molar-refractivity contribution in [2.75, 3.05) is 31.1 Å². The second-order valence-electron chi connectivity index (χ2n) is 7.92. The van der Waals surface area contributed by atoms with Crippen molar-refractivity contribution in [1.29, 1.82) is 0 Å². The fourth-order valence-electron chi connectivity index (χ4n) is 4.20. The highest BCUT2D eigenvalue weighted by Crippen LogP contribution is 2.34. The highest BCUT2D eigenvalue weighted by atomic mass is 32.2. The van der Waals surface area contributed by atoms with Crippen LogP contribution in [0.15, 0.2) is 23.1 Å². The van der Waals surface area contributed by atoms with Crippen LogP contribution in [0.1, 0.15) is 33.1 Å². The molecule has 0 aliphatic carbocycles. The van der Waals surface area contributed by atoms with E-state index in [-0.39, 0.29) is 22.4 Å². The Bertz CT molecular complexity index is 803. The van der Waals surface area contributed by atoms with E-state index in [4.69, 9.17) is 0 Å². The summed E-state index contributed by atoms with van der Waals surface area (Å²) in [5, 5.41) is 21.5. The van der Waals surface area contributed by atoms with Gasteiger partial charge in [-0.2, -0.15) is 4.31 Å². The molecule has 0 unspecified atom stereocenters. The van der Waals surface area contributed by atoms with Crippen LogP contribution < -0.4 is 4.90 Å². The largest absolute Gasteiger partial charge is 0.391 e. The fraction of sp³-hybridized carbons (Fsp3) is 0.667. The molecule has 0 bridgehead atoms. The molecule has 2 fully saturated rings. The van der Waals surface area contributed by atoms with Crippen molar-refractivity contribution < 1.29 is 18.4 Å². The molecule has 0 aromatic heterocycles. The number of hydrogen-bond acceptors (Lipinski definition) is 6. The van der Waals surface area contributed by atoms with Gasteiger partial charge in [0, 0.05) is 32.2 Å². The Kier molecular flexibility index (Phi) is 5.73. The molecule has 3 rings (SSSR count). The van der Waals surface area contributed by atoms with Crippen LogP contribution in [0.5, 0.6) is 0 Å². The highest BCUT2D eigenvalue weighted by Gasteiger charge is 2.34. The van der Waals surface area contributed by atoms with Gasteiger partial charge >= 0.3 is 0 Å². The highest BCUT2D eigenvalue weighted by molar-refractivity contribution is 7.89. The monoisotopic (exact) mass is 397 g/mol. The summed E-state index contributed by atoms with van der Waals surface area (Å²) in [5.41, 5.74) is 0.126. The van der Waals surface area contributed by atoms with Crippen molar-refractivity contribution in [3.8, 4) is 0 Å². The number of sulfonamides is 1. The minimum atomic E-state index is -3.78. The van der Waals surface area contributed by atoms with Crippen molar-refractivity contribution >= 4 is 21.4 Å². The third-order valence-corrected chi connectivity index (χ3v) is 7.18. The maximum atomic E-state index is 13.0. The Labute approximate surface area is 160 Å². The topological polar surface area (TPSA) is 104 Å². The first-order valence-electron chi connectivity index (χ1n) is 9.40. The van der Waals surface area contributed by atoms with Crippen LogP contribution in [0.4, 0.5) is 11.4 Å². The number of hydrogen-bond donors (Lipinski definition) is 1. The molecule has 150 valence electrons. The SMILES string of the molecule is C[C@@H]1C[C@@H](C)CN(S(=O)(=O)c2ccc(N3CCC[C@H](O)C3)c([N+](=O)[O-])c2)C1. The van der Waals surface area contributed by atoms with E-state index >= 15 is 0 Å². The molecule has 1 aromatic carbocycles. The molecule has 1 N–H and O–H groups in total. The van der Waals surface area contributed by atoms with Crippen molar-refractivity contribution in [3.63, 3.8) is 0 Å². The van der Waals surface area contributed by atoms with Crippen LogP contribution in [0.2, 0.25) is 0 Å². The number of benzene rings is 1. The minimum Gasteiger partial charge on any atom is -0.391 e. The minimum absolute atomic E-state index is 0.0446. The maximum absolute atomic E-state index is 13.0. The van der Waals surface area contributed by atoms with E-state index in [1.165, 1.54) is 16.4 Å². The van der Waals surface area contributed by atoms with Gasteiger partial charge in [-0.1, -0.05) is 13.8 Å². The molecule has 2 saturated heterocycles. The molecule has 8 nitrogen and oxygen atoms in total. The summed E-state index contributed by atoms with van der Waals surface area (Å²) in [6, 6.07) is 4.11. The molecule has 0 spiro atoms. The molecule has 2 aliphatic rings. The summed E-state index contributed by atoms with van der Waals surface area (Å²) in [6.07, 6.45) is 1.85. The summed E-state index contributed by atoms with van der Waals surface area (Å²) >= 11 is 0. The number of aliphatic hydroxyl groups is 1.